The first kappa shape index (κ1) is 14.0. The van der Waals surface area contributed by atoms with Crippen molar-refractivity contribution in [3.05, 3.63) is 17.5 Å². The standard InChI is InChI=1S/C13H23N5O/c1-3-18-12(10-11(2)16-18)13(19)15-6-9-17-7-4-14-5-8-17/h10,14H,3-9H2,1-2H3,(H,15,19). The summed E-state index contributed by atoms with van der Waals surface area (Å²) in [6.45, 7) is 10.4. The van der Waals surface area contributed by atoms with Crippen LogP contribution in [0, 0.1) is 6.92 Å². The lowest BCUT2D eigenvalue weighted by Gasteiger charge is -2.27. The Balaban J connectivity index is 1.80. The molecule has 1 aromatic rings. The van der Waals surface area contributed by atoms with Gasteiger partial charge in [-0.1, -0.05) is 0 Å². The number of carbonyl (C=O) groups excluding carboxylic acids is 1. The molecule has 0 atom stereocenters. The fraction of sp³-hybridized carbons (Fsp3) is 0.692. The van der Waals surface area contributed by atoms with Gasteiger partial charge in [0, 0.05) is 45.8 Å². The van der Waals surface area contributed by atoms with Crippen LogP contribution in [-0.2, 0) is 6.54 Å². The maximum Gasteiger partial charge on any atom is 0.269 e. The van der Waals surface area contributed by atoms with Crippen molar-refractivity contribution in [1.29, 1.82) is 0 Å². The van der Waals surface area contributed by atoms with Gasteiger partial charge in [0.25, 0.3) is 5.91 Å². The zero-order valence-electron chi connectivity index (χ0n) is 11.8. The van der Waals surface area contributed by atoms with Crippen LogP contribution in [0.3, 0.4) is 0 Å². The number of hydrogen-bond acceptors (Lipinski definition) is 4. The Kier molecular flexibility index (Phi) is 4.93. The third-order valence-electron chi connectivity index (χ3n) is 3.36. The summed E-state index contributed by atoms with van der Waals surface area (Å²) in [5, 5.41) is 10.6. The largest absolute Gasteiger partial charge is 0.349 e. The minimum atomic E-state index is -0.0300. The highest BCUT2D eigenvalue weighted by Gasteiger charge is 2.13. The maximum atomic E-state index is 12.1. The second kappa shape index (κ2) is 6.68. The van der Waals surface area contributed by atoms with Crippen LogP contribution in [0.2, 0.25) is 0 Å². The molecule has 0 spiro atoms. The third-order valence-corrected chi connectivity index (χ3v) is 3.36. The van der Waals surface area contributed by atoms with Crippen molar-refractivity contribution in [2.24, 2.45) is 0 Å². The highest BCUT2D eigenvalue weighted by molar-refractivity contribution is 5.92. The summed E-state index contributed by atoms with van der Waals surface area (Å²) in [6, 6.07) is 1.84. The van der Waals surface area contributed by atoms with Gasteiger partial charge in [0.2, 0.25) is 0 Å². The topological polar surface area (TPSA) is 62.2 Å². The normalized spacial score (nSPS) is 16.5. The lowest BCUT2D eigenvalue weighted by atomic mass is 10.3. The van der Waals surface area contributed by atoms with Crippen LogP contribution < -0.4 is 10.6 Å². The van der Waals surface area contributed by atoms with E-state index in [0.29, 0.717) is 18.8 Å². The number of aryl methyl sites for hydroxylation is 2. The molecule has 2 N–H and O–H groups in total. The molecule has 1 aliphatic heterocycles. The second-order valence-electron chi connectivity index (χ2n) is 4.83. The first-order valence-corrected chi connectivity index (χ1v) is 6.96. The molecule has 1 amide bonds. The molecule has 0 bridgehead atoms. The Morgan fingerprint density at radius 1 is 1.47 bits per heavy atom. The van der Waals surface area contributed by atoms with Crippen molar-refractivity contribution in [2.45, 2.75) is 20.4 Å². The molecular formula is C13H23N5O. The maximum absolute atomic E-state index is 12.1. The van der Waals surface area contributed by atoms with Crippen LogP contribution in [0.25, 0.3) is 0 Å². The molecule has 1 aromatic heterocycles. The van der Waals surface area contributed by atoms with Gasteiger partial charge in [-0.05, 0) is 19.9 Å². The summed E-state index contributed by atoms with van der Waals surface area (Å²) in [7, 11) is 0. The molecule has 0 saturated carbocycles. The number of nitrogens with zero attached hydrogens (tertiary/aromatic N) is 3. The second-order valence-corrected chi connectivity index (χ2v) is 4.83. The molecule has 19 heavy (non-hydrogen) atoms. The van der Waals surface area contributed by atoms with E-state index in [4.69, 9.17) is 0 Å². The average Bonchev–Trinajstić information content (AvgIpc) is 2.81. The first-order chi connectivity index (χ1) is 9.20. The van der Waals surface area contributed by atoms with E-state index in [1.54, 1.807) is 4.68 Å². The highest BCUT2D eigenvalue weighted by Crippen LogP contribution is 2.03. The van der Waals surface area contributed by atoms with Crippen molar-refractivity contribution in [3.63, 3.8) is 0 Å². The number of rotatable bonds is 5. The predicted octanol–water partition coefficient (Wildman–Crippen LogP) is -0.154. The van der Waals surface area contributed by atoms with Crippen LogP contribution in [0.1, 0.15) is 23.1 Å². The Morgan fingerprint density at radius 3 is 2.89 bits per heavy atom. The summed E-state index contributed by atoms with van der Waals surface area (Å²) < 4.78 is 1.75. The van der Waals surface area contributed by atoms with Crippen molar-refractivity contribution >= 4 is 5.91 Å². The van der Waals surface area contributed by atoms with Crippen LogP contribution in [0.15, 0.2) is 6.07 Å². The molecule has 6 heteroatoms. The fourth-order valence-electron chi connectivity index (χ4n) is 2.32. The van der Waals surface area contributed by atoms with E-state index in [0.717, 1.165) is 38.4 Å². The molecule has 1 fully saturated rings. The minimum Gasteiger partial charge on any atom is -0.349 e. The fourth-order valence-corrected chi connectivity index (χ4v) is 2.32. The number of amides is 1. The Hall–Kier alpha value is -1.40. The monoisotopic (exact) mass is 265 g/mol. The van der Waals surface area contributed by atoms with Crippen LogP contribution in [-0.4, -0.2) is 59.9 Å². The molecule has 2 heterocycles. The van der Waals surface area contributed by atoms with E-state index >= 15 is 0 Å². The van der Waals surface area contributed by atoms with Gasteiger partial charge in [-0.3, -0.25) is 14.4 Å². The van der Waals surface area contributed by atoms with E-state index in [1.165, 1.54) is 0 Å². The van der Waals surface area contributed by atoms with E-state index < -0.39 is 0 Å². The predicted molar refractivity (Wildman–Crippen MR) is 74.3 cm³/mol. The zero-order chi connectivity index (χ0) is 13.7. The van der Waals surface area contributed by atoms with Crippen LogP contribution >= 0.6 is 0 Å². The van der Waals surface area contributed by atoms with Gasteiger partial charge in [0.1, 0.15) is 5.69 Å². The number of aromatic nitrogens is 2. The smallest absolute Gasteiger partial charge is 0.269 e. The minimum absolute atomic E-state index is 0.0300. The number of piperazine rings is 1. The SMILES string of the molecule is CCn1nc(C)cc1C(=O)NCCN1CCNCC1. The molecule has 0 unspecified atom stereocenters. The van der Waals surface area contributed by atoms with E-state index in [-0.39, 0.29) is 5.91 Å². The first-order valence-electron chi connectivity index (χ1n) is 6.96. The van der Waals surface area contributed by atoms with Gasteiger partial charge in [-0.2, -0.15) is 5.10 Å². The van der Waals surface area contributed by atoms with Crippen molar-refractivity contribution < 1.29 is 4.79 Å². The summed E-state index contributed by atoms with van der Waals surface area (Å²) in [6.07, 6.45) is 0. The molecule has 6 nitrogen and oxygen atoms in total. The van der Waals surface area contributed by atoms with Gasteiger partial charge in [-0.25, -0.2) is 0 Å². The highest BCUT2D eigenvalue weighted by atomic mass is 16.2. The van der Waals surface area contributed by atoms with Gasteiger partial charge >= 0.3 is 0 Å². The van der Waals surface area contributed by atoms with Crippen molar-refractivity contribution in [3.8, 4) is 0 Å². The summed E-state index contributed by atoms with van der Waals surface area (Å²) in [5.41, 5.74) is 1.54. The summed E-state index contributed by atoms with van der Waals surface area (Å²) in [5.74, 6) is -0.0300. The molecule has 0 aromatic carbocycles. The Morgan fingerprint density at radius 2 is 2.21 bits per heavy atom. The van der Waals surface area contributed by atoms with E-state index in [2.05, 4.69) is 20.6 Å². The quantitative estimate of drug-likeness (QED) is 0.777. The molecular weight excluding hydrogens is 242 g/mol. The molecule has 1 aliphatic rings. The molecule has 0 aliphatic carbocycles. The lowest BCUT2D eigenvalue weighted by molar-refractivity contribution is 0.0936. The zero-order valence-corrected chi connectivity index (χ0v) is 11.8. The molecule has 1 saturated heterocycles. The van der Waals surface area contributed by atoms with Gasteiger partial charge in [0.15, 0.2) is 0 Å². The molecule has 2 rings (SSSR count). The molecule has 106 valence electrons. The summed E-state index contributed by atoms with van der Waals surface area (Å²) >= 11 is 0. The molecule has 0 radical (unpaired) electrons. The van der Waals surface area contributed by atoms with Crippen LogP contribution in [0.4, 0.5) is 0 Å². The average molecular weight is 265 g/mol. The van der Waals surface area contributed by atoms with Gasteiger partial charge in [0.05, 0.1) is 5.69 Å². The Labute approximate surface area is 114 Å². The van der Waals surface area contributed by atoms with Crippen molar-refractivity contribution in [2.75, 3.05) is 39.3 Å². The van der Waals surface area contributed by atoms with E-state index in [9.17, 15) is 4.79 Å². The number of hydrogen-bond donors (Lipinski definition) is 2. The van der Waals surface area contributed by atoms with Crippen LogP contribution in [0.5, 0.6) is 0 Å². The van der Waals surface area contributed by atoms with Crippen molar-refractivity contribution in [1.82, 2.24) is 25.3 Å². The van der Waals surface area contributed by atoms with Gasteiger partial charge < -0.3 is 10.6 Å². The number of nitrogens with one attached hydrogen (secondary N) is 2. The Bertz CT molecular complexity index is 423. The van der Waals surface area contributed by atoms with Gasteiger partial charge in [-0.15, -0.1) is 0 Å². The lowest BCUT2D eigenvalue weighted by Crippen LogP contribution is -2.46. The number of carbonyl (C=O) groups is 1. The summed E-state index contributed by atoms with van der Waals surface area (Å²) in [4.78, 5) is 14.4. The third kappa shape index (κ3) is 3.78. The van der Waals surface area contributed by atoms with E-state index in [1.807, 2.05) is 19.9 Å².